The van der Waals surface area contributed by atoms with Gasteiger partial charge in [-0.25, -0.2) is 15.0 Å². The minimum atomic E-state index is 0.0527. The molecule has 0 bridgehead atoms. The van der Waals surface area contributed by atoms with E-state index in [0.717, 1.165) is 39.0 Å². The fraction of sp³-hybridized carbons (Fsp3) is 0.186. The number of aromatic nitrogens is 4. The highest BCUT2D eigenvalue weighted by molar-refractivity contribution is 6.09. The summed E-state index contributed by atoms with van der Waals surface area (Å²) in [5.74, 6) is 1.91. The van der Waals surface area contributed by atoms with E-state index in [9.17, 15) is 0 Å². The third-order valence-corrected chi connectivity index (χ3v) is 8.93. The van der Waals surface area contributed by atoms with E-state index in [1.807, 2.05) is 6.08 Å². The molecular weight excluding hydrogens is 573 g/mol. The van der Waals surface area contributed by atoms with E-state index < -0.39 is 0 Å². The first-order valence-electron chi connectivity index (χ1n) is 16.2. The molecule has 0 atom stereocenters. The lowest BCUT2D eigenvalue weighted by atomic mass is 9.86. The number of fused-ring (bicyclic) bond motifs is 3. The number of para-hydroxylation sites is 2. The molecule has 0 saturated heterocycles. The fourth-order valence-corrected chi connectivity index (χ4v) is 6.21. The van der Waals surface area contributed by atoms with E-state index in [2.05, 4.69) is 168 Å². The van der Waals surface area contributed by atoms with E-state index in [1.165, 1.54) is 21.9 Å². The number of hydrogen-bond donors (Lipinski definition) is 0. The lowest BCUT2D eigenvalue weighted by Gasteiger charge is -2.19. The average Bonchev–Trinajstić information content (AvgIpc) is 3.42. The highest BCUT2D eigenvalue weighted by Crippen LogP contribution is 2.35. The van der Waals surface area contributed by atoms with Crippen molar-refractivity contribution in [3.63, 3.8) is 0 Å². The largest absolute Gasteiger partial charge is 0.309 e. The van der Waals surface area contributed by atoms with Crippen LogP contribution in [-0.4, -0.2) is 19.5 Å². The van der Waals surface area contributed by atoms with Gasteiger partial charge in [-0.1, -0.05) is 139 Å². The van der Waals surface area contributed by atoms with Gasteiger partial charge in [-0.3, -0.25) is 0 Å². The van der Waals surface area contributed by atoms with Gasteiger partial charge in [-0.15, -0.1) is 0 Å². The highest BCUT2D eigenvalue weighted by atomic mass is 15.0. The van der Waals surface area contributed by atoms with Crippen molar-refractivity contribution in [1.29, 1.82) is 0 Å². The van der Waals surface area contributed by atoms with Crippen molar-refractivity contribution < 1.29 is 0 Å². The maximum Gasteiger partial charge on any atom is 0.164 e. The Bertz CT molecular complexity index is 2130. The van der Waals surface area contributed by atoms with Crippen LogP contribution < -0.4 is 0 Å². The average molecular weight is 613 g/mol. The van der Waals surface area contributed by atoms with Gasteiger partial charge in [0.05, 0.1) is 11.0 Å². The minimum absolute atomic E-state index is 0.0527. The second-order valence-corrected chi connectivity index (χ2v) is 14.3. The summed E-state index contributed by atoms with van der Waals surface area (Å²) in [6, 6.07) is 40.8. The van der Waals surface area contributed by atoms with Crippen LogP contribution in [0.2, 0.25) is 0 Å². The lowest BCUT2D eigenvalue weighted by molar-refractivity contribution is 0.590. The van der Waals surface area contributed by atoms with Crippen molar-refractivity contribution in [3.05, 3.63) is 139 Å². The molecule has 0 spiro atoms. The van der Waals surface area contributed by atoms with Crippen LogP contribution in [0.3, 0.4) is 0 Å². The van der Waals surface area contributed by atoms with Gasteiger partial charge in [-0.05, 0) is 57.9 Å². The van der Waals surface area contributed by atoms with E-state index >= 15 is 0 Å². The number of rotatable bonds is 5. The van der Waals surface area contributed by atoms with Gasteiger partial charge in [0.2, 0.25) is 0 Å². The zero-order valence-electron chi connectivity index (χ0n) is 28.0. The molecule has 0 fully saturated rings. The Hall–Kier alpha value is -5.35. The van der Waals surface area contributed by atoms with Gasteiger partial charge in [0.25, 0.3) is 0 Å². The molecule has 47 heavy (non-hydrogen) atoms. The molecule has 0 amide bonds. The SMILES string of the molecule is C=Cc1cc(-c2nc(-c3ccc(C(C)(C)C)cc3)nc(-c3ccc(C(C)(C)C)cc3)n2)cc(-n2c3ccccc3c3ccccc32)c1. The van der Waals surface area contributed by atoms with Crippen molar-refractivity contribution in [2.24, 2.45) is 0 Å². The van der Waals surface area contributed by atoms with Crippen LogP contribution in [-0.2, 0) is 10.8 Å². The summed E-state index contributed by atoms with van der Waals surface area (Å²) in [5, 5.41) is 2.44. The molecule has 4 nitrogen and oxygen atoms in total. The Morgan fingerprint density at radius 1 is 0.511 bits per heavy atom. The third kappa shape index (κ3) is 5.76. The highest BCUT2D eigenvalue weighted by Gasteiger charge is 2.19. The van der Waals surface area contributed by atoms with Crippen LogP contribution in [0.25, 0.3) is 67.7 Å². The first kappa shape index (κ1) is 30.3. The summed E-state index contributed by atoms with van der Waals surface area (Å²) in [6.45, 7) is 17.5. The van der Waals surface area contributed by atoms with Crippen LogP contribution in [0.1, 0.15) is 58.2 Å². The molecule has 2 heterocycles. The van der Waals surface area contributed by atoms with E-state index in [1.54, 1.807) is 0 Å². The van der Waals surface area contributed by atoms with Crippen molar-refractivity contribution in [2.75, 3.05) is 0 Å². The van der Waals surface area contributed by atoms with Crippen LogP contribution in [0.4, 0.5) is 0 Å². The first-order valence-corrected chi connectivity index (χ1v) is 16.2. The molecule has 5 aromatic carbocycles. The molecule has 0 aliphatic heterocycles. The summed E-state index contributed by atoms with van der Waals surface area (Å²) in [6.07, 6.45) is 1.89. The molecule has 0 N–H and O–H groups in total. The topological polar surface area (TPSA) is 43.6 Å². The maximum absolute atomic E-state index is 5.10. The zero-order valence-corrected chi connectivity index (χ0v) is 28.0. The van der Waals surface area contributed by atoms with Gasteiger partial charge in [0, 0.05) is 33.2 Å². The predicted octanol–water partition coefficient (Wildman–Crippen LogP) is 11.2. The van der Waals surface area contributed by atoms with Gasteiger partial charge in [0.15, 0.2) is 17.5 Å². The molecule has 0 unspecified atom stereocenters. The Kier molecular flexibility index (Phi) is 7.40. The summed E-state index contributed by atoms with van der Waals surface area (Å²) < 4.78 is 2.32. The van der Waals surface area contributed by atoms with Crippen LogP contribution in [0, 0.1) is 0 Å². The molecule has 4 heteroatoms. The summed E-state index contributed by atoms with van der Waals surface area (Å²) in [4.78, 5) is 15.2. The van der Waals surface area contributed by atoms with E-state index in [0.29, 0.717) is 17.5 Å². The van der Waals surface area contributed by atoms with Crippen LogP contribution >= 0.6 is 0 Å². The quantitative estimate of drug-likeness (QED) is 0.194. The first-order chi connectivity index (χ1) is 22.5. The van der Waals surface area contributed by atoms with E-state index in [4.69, 9.17) is 15.0 Å². The monoisotopic (exact) mass is 612 g/mol. The maximum atomic E-state index is 5.10. The van der Waals surface area contributed by atoms with Gasteiger partial charge >= 0.3 is 0 Å². The molecule has 0 aliphatic rings. The second-order valence-electron chi connectivity index (χ2n) is 14.3. The van der Waals surface area contributed by atoms with Crippen molar-refractivity contribution in [3.8, 4) is 39.9 Å². The van der Waals surface area contributed by atoms with Crippen molar-refractivity contribution in [2.45, 2.75) is 52.4 Å². The Balaban J connectivity index is 1.44. The van der Waals surface area contributed by atoms with Crippen LogP contribution in [0.15, 0.2) is 122 Å². The normalized spacial score (nSPS) is 12.1. The molecule has 0 aliphatic carbocycles. The Labute approximate surface area is 277 Å². The number of hydrogen-bond acceptors (Lipinski definition) is 3. The number of nitrogens with zero attached hydrogens (tertiary/aromatic N) is 4. The molecular formula is C43H40N4. The molecule has 0 radical (unpaired) electrons. The Morgan fingerprint density at radius 2 is 0.936 bits per heavy atom. The van der Waals surface area contributed by atoms with Gasteiger partial charge in [-0.2, -0.15) is 0 Å². The smallest absolute Gasteiger partial charge is 0.164 e. The molecule has 2 aromatic heterocycles. The standard InChI is InChI=1S/C43H40N4/c1-8-28-25-31(27-34(26-28)47-37-15-11-9-13-35(37)36-14-10-12-16-38(36)47)41-45-39(29-17-21-32(22-18-29)42(2,3)4)44-40(46-41)30-19-23-33(24-20-30)43(5,6)7/h8-27H,1H2,2-7H3. The second kappa shape index (κ2) is 11.5. The van der Waals surface area contributed by atoms with E-state index in [-0.39, 0.29) is 10.8 Å². The molecule has 0 saturated carbocycles. The lowest BCUT2D eigenvalue weighted by Crippen LogP contribution is -2.11. The van der Waals surface area contributed by atoms with Gasteiger partial charge < -0.3 is 4.57 Å². The van der Waals surface area contributed by atoms with Gasteiger partial charge in [0.1, 0.15) is 0 Å². The summed E-state index contributed by atoms with van der Waals surface area (Å²) >= 11 is 0. The summed E-state index contributed by atoms with van der Waals surface area (Å²) in [7, 11) is 0. The van der Waals surface area contributed by atoms with Crippen LogP contribution in [0.5, 0.6) is 0 Å². The number of benzene rings is 5. The minimum Gasteiger partial charge on any atom is -0.309 e. The van der Waals surface area contributed by atoms with Crippen molar-refractivity contribution >= 4 is 27.9 Å². The third-order valence-electron chi connectivity index (χ3n) is 8.93. The predicted molar refractivity (Wildman–Crippen MR) is 198 cm³/mol. The van der Waals surface area contributed by atoms with Crippen molar-refractivity contribution in [1.82, 2.24) is 19.5 Å². The molecule has 232 valence electrons. The molecule has 7 aromatic rings. The zero-order chi connectivity index (χ0) is 32.9. The summed E-state index contributed by atoms with van der Waals surface area (Å²) in [5.41, 5.74) is 9.77. The molecule has 7 rings (SSSR count). The Morgan fingerprint density at radius 3 is 1.36 bits per heavy atom. The fourth-order valence-electron chi connectivity index (χ4n) is 6.21.